The third-order valence-electron chi connectivity index (χ3n) is 3.51. The molecule has 5 heteroatoms. The van der Waals surface area contributed by atoms with Crippen LogP contribution in [-0.2, 0) is 10.0 Å². The Bertz CT molecular complexity index is 530. The predicted octanol–water partition coefficient (Wildman–Crippen LogP) is 2.43. The zero-order valence-electron chi connectivity index (χ0n) is 11.5. The fourth-order valence-electron chi connectivity index (χ4n) is 2.27. The van der Waals surface area contributed by atoms with E-state index in [-0.39, 0.29) is 10.9 Å². The summed E-state index contributed by atoms with van der Waals surface area (Å²) in [6.45, 7) is 3.86. The van der Waals surface area contributed by atoms with Crippen molar-refractivity contribution in [3.05, 3.63) is 23.8 Å². The van der Waals surface area contributed by atoms with E-state index in [0.29, 0.717) is 11.6 Å². The van der Waals surface area contributed by atoms with Gasteiger partial charge in [0.05, 0.1) is 4.90 Å². The summed E-state index contributed by atoms with van der Waals surface area (Å²) in [7, 11) is -3.46. The summed E-state index contributed by atoms with van der Waals surface area (Å²) < 4.78 is 27.5. The number of hydrogen-bond acceptors (Lipinski definition) is 3. The number of nitrogen functional groups attached to an aromatic ring is 1. The summed E-state index contributed by atoms with van der Waals surface area (Å²) in [6.07, 6.45) is 4.22. The van der Waals surface area contributed by atoms with E-state index in [2.05, 4.69) is 4.72 Å². The van der Waals surface area contributed by atoms with E-state index in [4.69, 9.17) is 5.73 Å². The molecule has 1 aliphatic carbocycles. The van der Waals surface area contributed by atoms with Crippen molar-refractivity contribution in [2.45, 2.75) is 50.5 Å². The highest BCUT2D eigenvalue weighted by atomic mass is 32.2. The van der Waals surface area contributed by atoms with Gasteiger partial charge in [-0.05, 0) is 49.4 Å². The van der Waals surface area contributed by atoms with Gasteiger partial charge >= 0.3 is 0 Å². The minimum atomic E-state index is -3.46. The predicted molar refractivity (Wildman–Crippen MR) is 77.3 cm³/mol. The van der Waals surface area contributed by atoms with Gasteiger partial charge in [0.25, 0.3) is 0 Å². The van der Waals surface area contributed by atoms with Crippen LogP contribution in [0.2, 0.25) is 0 Å². The summed E-state index contributed by atoms with van der Waals surface area (Å²) in [4.78, 5) is 0.263. The average molecular weight is 282 g/mol. The highest BCUT2D eigenvalue weighted by Gasteiger charge is 2.27. The molecule has 1 saturated carbocycles. The van der Waals surface area contributed by atoms with Crippen LogP contribution < -0.4 is 10.5 Å². The Kier molecular flexibility index (Phi) is 4.16. The van der Waals surface area contributed by atoms with Crippen molar-refractivity contribution in [2.24, 2.45) is 5.92 Å². The molecule has 0 spiro atoms. The van der Waals surface area contributed by atoms with Gasteiger partial charge in [0.2, 0.25) is 10.0 Å². The van der Waals surface area contributed by atoms with E-state index in [1.165, 1.54) is 18.9 Å². The first-order valence-electron chi connectivity index (χ1n) is 6.80. The van der Waals surface area contributed by atoms with E-state index in [1.807, 2.05) is 13.8 Å². The van der Waals surface area contributed by atoms with Gasteiger partial charge in [-0.3, -0.25) is 0 Å². The number of nitrogens with one attached hydrogen (secondary N) is 1. The number of nitrogens with two attached hydrogens (primary N) is 1. The molecule has 3 N–H and O–H groups in total. The van der Waals surface area contributed by atoms with Crippen LogP contribution in [0.15, 0.2) is 23.1 Å². The Labute approximate surface area is 115 Å². The first-order valence-corrected chi connectivity index (χ1v) is 8.28. The van der Waals surface area contributed by atoms with Crippen LogP contribution in [0.5, 0.6) is 0 Å². The number of benzene rings is 1. The largest absolute Gasteiger partial charge is 0.399 e. The van der Waals surface area contributed by atoms with Crippen molar-refractivity contribution in [3.63, 3.8) is 0 Å². The lowest BCUT2D eigenvalue weighted by atomic mass is 10.1. The first-order chi connectivity index (χ1) is 8.90. The van der Waals surface area contributed by atoms with Crippen molar-refractivity contribution in [1.29, 1.82) is 0 Å². The fraction of sp³-hybridized carbons (Fsp3) is 0.571. The molecule has 106 valence electrons. The van der Waals surface area contributed by atoms with Gasteiger partial charge in [0.15, 0.2) is 0 Å². The normalized spacial score (nSPS) is 17.4. The topological polar surface area (TPSA) is 72.2 Å². The Hall–Kier alpha value is -1.07. The standard InChI is InChI=1S/C14H22N2O2S/c1-3-13(8-11-4-5-11)16-19(17,18)14-7-10(2)6-12(15)9-14/h6-7,9,11,13,16H,3-5,8,15H2,1-2H3. The molecular formula is C14H22N2O2S. The lowest BCUT2D eigenvalue weighted by molar-refractivity contribution is 0.495. The van der Waals surface area contributed by atoms with Crippen LogP contribution in [0.3, 0.4) is 0 Å². The molecule has 1 aromatic carbocycles. The maximum atomic E-state index is 12.3. The molecule has 0 aromatic heterocycles. The first kappa shape index (κ1) is 14.3. The molecule has 0 heterocycles. The molecule has 1 aliphatic rings. The summed E-state index contributed by atoms with van der Waals surface area (Å²) in [6, 6.07) is 4.96. The summed E-state index contributed by atoms with van der Waals surface area (Å²) >= 11 is 0. The average Bonchev–Trinajstić information content (AvgIpc) is 3.10. The number of rotatable bonds is 6. The second-order valence-electron chi connectivity index (χ2n) is 5.48. The smallest absolute Gasteiger partial charge is 0.240 e. The fourth-order valence-corrected chi connectivity index (χ4v) is 3.74. The van der Waals surface area contributed by atoms with Gasteiger partial charge in [0, 0.05) is 11.7 Å². The lowest BCUT2D eigenvalue weighted by Gasteiger charge is -2.17. The second kappa shape index (κ2) is 5.51. The third kappa shape index (κ3) is 3.94. The van der Waals surface area contributed by atoms with E-state index >= 15 is 0 Å². The molecule has 1 fully saturated rings. The molecule has 0 aliphatic heterocycles. The van der Waals surface area contributed by atoms with Crippen LogP contribution in [0, 0.1) is 12.8 Å². The van der Waals surface area contributed by atoms with E-state index < -0.39 is 10.0 Å². The maximum absolute atomic E-state index is 12.3. The third-order valence-corrected chi connectivity index (χ3v) is 5.01. The van der Waals surface area contributed by atoms with Crippen LogP contribution in [0.1, 0.15) is 38.2 Å². The monoisotopic (exact) mass is 282 g/mol. The van der Waals surface area contributed by atoms with Gasteiger partial charge in [-0.15, -0.1) is 0 Å². The molecule has 1 aromatic rings. The number of anilines is 1. The molecule has 1 atom stereocenters. The molecule has 4 nitrogen and oxygen atoms in total. The van der Waals surface area contributed by atoms with Gasteiger partial charge < -0.3 is 5.73 Å². The van der Waals surface area contributed by atoms with Gasteiger partial charge in [0.1, 0.15) is 0 Å². The van der Waals surface area contributed by atoms with E-state index in [1.54, 1.807) is 12.1 Å². The minimum absolute atomic E-state index is 0.0271. The summed E-state index contributed by atoms with van der Waals surface area (Å²) in [5.74, 6) is 0.704. The lowest BCUT2D eigenvalue weighted by Crippen LogP contribution is -2.34. The second-order valence-corrected chi connectivity index (χ2v) is 7.20. The Morgan fingerprint density at radius 1 is 1.37 bits per heavy atom. The summed E-state index contributed by atoms with van der Waals surface area (Å²) in [5.41, 5.74) is 7.06. The zero-order chi connectivity index (χ0) is 14.0. The van der Waals surface area contributed by atoms with Gasteiger partial charge in [-0.2, -0.15) is 0 Å². The number of sulfonamides is 1. The number of hydrogen-bond donors (Lipinski definition) is 2. The van der Waals surface area contributed by atoms with Crippen molar-refractivity contribution >= 4 is 15.7 Å². The molecule has 0 radical (unpaired) electrons. The van der Waals surface area contributed by atoms with Crippen LogP contribution >= 0.6 is 0 Å². The molecule has 0 saturated heterocycles. The molecular weight excluding hydrogens is 260 g/mol. The molecule has 1 unspecified atom stereocenters. The highest BCUT2D eigenvalue weighted by molar-refractivity contribution is 7.89. The van der Waals surface area contributed by atoms with Crippen molar-refractivity contribution in [1.82, 2.24) is 4.72 Å². The van der Waals surface area contributed by atoms with E-state index in [0.717, 1.165) is 18.4 Å². The minimum Gasteiger partial charge on any atom is -0.399 e. The van der Waals surface area contributed by atoms with Gasteiger partial charge in [-0.25, -0.2) is 13.1 Å². The molecule has 0 bridgehead atoms. The molecule has 0 amide bonds. The van der Waals surface area contributed by atoms with Crippen LogP contribution in [0.25, 0.3) is 0 Å². The quantitative estimate of drug-likeness (QED) is 0.787. The van der Waals surface area contributed by atoms with Crippen molar-refractivity contribution in [3.8, 4) is 0 Å². The molecule has 19 heavy (non-hydrogen) atoms. The summed E-state index contributed by atoms with van der Waals surface area (Å²) in [5, 5.41) is 0. The Morgan fingerprint density at radius 3 is 2.58 bits per heavy atom. The van der Waals surface area contributed by atoms with Crippen molar-refractivity contribution in [2.75, 3.05) is 5.73 Å². The SMILES string of the molecule is CCC(CC1CC1)NS(=O)(=O)c1cc(C)cc(N)c1. The van der Waals surface area contributed by atoms with Crippen LogP contribution in [0.4, 0.5) is 5.69 Å². The zero-order valence-corrected chi connectivity index (χ0v) is 12.3. The van der Waals surface area contributed by atoms with E-state index in [9.17, 15) is 8.42 Å². The molecule has 2 rings (SSSR count). The Morgan fingerprint density at radius 2 is 2.05 bits per heavy atom. The Balaban J connectivity index is 2.15. The van der Waals surface area contributed by atoms with Crippen molar-refractivity contribution < 1.29 is 8.42 Å². The van der Waals surface area contributed by atoms with Crippen LogP contribution in [-0.4, -0.2) is 14.5 Å². The van der Waals surface area contributed by atoms with Gasteiger partial charge in [-0.1, -0.05) is 19.8 Å². The highest BCUT2D eigenvalue weighted by Crippen LogP contribution is 2.34. The maximum Gasteiger partial charge on any atom is 0.240 e. The number of aryl methyl sites for hydroxylation is 1.